The second-order valence-electron chi connectivity index (χ2n) is 5.69. The first-order chi connectivity index (χ1) is 7.36. The number of hydrogen-bond acceptors (Lipinski definition) is 2. The lowest BCUT2D eigenvalue weighted by atomic mass is 9.84. The van der Waals surface area contributed by atoms with Gasteiger partial charge in [-0.3, -0.25) is 0 Å². The zero-order valence-corrected chi connectivity index (χ0v) is 10.4. The van der Waals surface area contributed by atoms with Crippen LogP contribution in [-0.2, 0) is 0 Å². The van der Waals surface area contributed by atoms with E-state index in [0.717, 1.165) is 25.7 Å². The summed E-state index contributed by atoms with van der Waals surface area (Å²) < 4.78 is 0. The molecule has 1 saturated carbocycles. The molecule has 94 valence electrons. The molecule has 1 aliphatic carbocycles. The number of aliphatic hydroxyl groups excluding tert-OH is 1. The number of carbonyl (C=O) groups is 1. The van der Waals surface area contributed by atoms with Crippen molar-refractivity contribution in [3.63, 3.8) is 0 Å². The maximum Gasteiger partial charge on any atom is 0.407 e. The van der Waals surface area contributed by atoms with E-state index < -0.39 is 6.09 Å². The van der Waals surface area contributed by atoms with E-state index in [0.29, 0.717) is 0 Å². The predicted octanol–water partition coefficient (Wildman–Crippen LogP) is 2.32. The molecule has 2 atom stereocenters. The van der Waals surface area contributed by atoms with Crippen molar-refractivity contribution in [2.45, 2.75) is 58.0 Å². The second-order valence-corrected chi connectivity index (χ2v) is 5.69. The van der Waals surface area contributed by atoms with Crippen LogP contribution in [0.1, 0.15) is 46.5 Å². The Labute approximate surface area is 97.3 Å². The Morgan fingerprint density at radius 2 is 2.00 bits per heavy atom. The molecule has 1 aliphatic rings. The second kappa shape index (κ2) is 5.04. The van der Waals surface area contributed by atoms with Crippen LogP contribution in [0.2, 0.25) is 0 Å². The first-order valence-corrected chi connectivity index (χ1v) is 5.99. The highest BCUT2D eigenvalue weighted by atomic mass is 16.4. The quantitative estimate of drug-likeness (QED) is 0.764. The minimum Gasteiger partial charge on any atom is -0.465 e. The van der Waals surface area contributed by atoms with E-state index in [9.17, 15) is 9.90 Å². The summed E-state index contributed by atoms with van der Waals surface area (Å²) in [6.07, 6.45) is 2.89. The first-order valence-electron chi connectivity index (χ1n) is 5.99. The monoisotopic (exact) mass is 229 g/mol. The molecule has 2 N–H and O–H groups in total. The molecule has 16 heavy (non-hydrogen) atoms. The summed E-state index contributed by atoms with van der Waals surface area (Å²) in [5, 5.41) is 18.4. The van der Waals surface area contributed by atoms with Crippen LogP contribution in [0.3, 0.4) is 0 Å². The largest absolute Gasteiger partial charge is 0.465 e. The number of nitrogens with zero attached hydrogens (tertiary/aromatic N) is 1. The lowest BCUT2D eigenvalue weighted by molar-refractivity contribution is 0.0393. The lowest BCUT2D eigenvalue weighted by Gasteiger charge is -2.42. The molecule has 0 saturated heterocycles. The third kappa shape index (κ3) is 3.11. The van der Waals surface area contributed by atoms with Gasteiger partial charge >= 0.3 is 6.09 Å². The van der Waals surface area contributed by atoms with Crippen molar-refractivity contribution in [3.8, 4) is 0 Å². The van der Waals surface area contributed by atoms with E-state index in [2.05, 4.69) is 0 Å². The summed E-state index contributed by atoms with van der Waals surface area (Å²) in [7, 11) is 0. The Kier molecular flexibility index (Phi) is 4.19. The normalized spacial score (nSPS) is 26.5. The minimum absolute atomic E-state index is 0.0587. The van der Waals surface area contributed by atoms with Crippen molar-refractivity contribution >= 4 is 6.09 Å². The van der Waals surface area contributed by atoms with Gasteiger partial charge in [0.15, 0.2) is 0 Å². The molecule has 0 aromatic carbocycles. The molecule has 0 aromatic heterocycles. The molecule has 0 bridgehead atoms. The molecular formula is C12H23NO3. The fourth-order valence-electron chi connectivity index (χ4n) is 2.65. The topological polar surface area (TPSA) is 60.8 Å². The van der Waals surface area contributed by atoms with Crippen molar-refractivity contribution in [2.24, 2.45) is 5.92 Å². The van der Waals surface area contributed by atoms with Crippen LogP contribution in [-0.4, -0.2) is 39.4 Å². The molecule has 0 radical (unpaired) electrons. The van der Waals surface area contributed by atoms with Crippen LogP contribution in [0, 0.1) is 5.92 Å². The number of rotatable bonds is 2. The van der Waals surface area contributed by atoms with E-state index in [1.165, 1.54) is 0 Å². The zero-order valence-electron chi connectivity index (χ0n) is 10.4. The first kappa shape index (κ1) is 13.3. The molecule has 0 spiro atoms. The van der Waals surface area contributed by atoms with Crippen LogP contribution in [0.15, 0.2) is 0 Å². The summed E-state index contributed by atoms with van der Waals surface area (Å²) in [5.41, 5.74) is -0.367. The maximum absolute atomic E-state index is 11.3. The average molecular weight is 229 g/mol. The standard InChI is InChI=1S/C12H23NO3/c1-12(2,3)13(11(15)16)10-6-4-5-9(7-10)8-14/h9-10,14H,4-8H2,1-3H3,(H,15,16)/t9-,10+/m1/s1. The number of amides is 1. The van der Waals surface area contributed by atoms with E-state index >= 15 is 0 Å². The third-order valence-corrected chi connectivity index (χ3v) is 3.31. The van der Waals surface area contributed by atoms with Crippen LogP contribution >= 0.6 is 0 Å². The van der Waals surface area contributed by atoms with Crippen molar-refractivity contribution in [3.05, 3.63) is 0 Å². The third-order valence-electron chi connectivity index (χ3n) is 3.31. The highest BCUT2D eigenvalue weighted by Crippen LogP contribution is 2.31. The fourth-order valence-corrected chi connectivity index (χ4v) is 2.65. The summed E-state index contributed by atoms with van der Waals surface area (Å²) in [6, 6.07) is 0.0587. The summed E-state index contributed by atoms with van der Waals surface area (Å²) in [4.78, 5) is 12.9. The molecule has 4 heteroatoms. The summed E-state index contributed by atoms with van der Waals surface area (Å²) in [6.45, 7) is 5.94. The van der Waals surface area contributed by atoms with Gasteiger partial charge in [-0.2, -0.15) is 0 Å². The van der Waals surface area contributed by atoms with Crippen molar-refractivity contribution in [2.75, 3.05) is 6.61 Å². The Balaban J connectivity index is 2.75. The van der Waals surface area contributed by atoms with E-state index in [1.54, 1.807) is 4.90 Å². The van der Waals surface area contributed by atoms with E-state index in [1.807, 2.05) is 20.8 Å². The molecule has 0 unspecified atom stereocenters. The van der Waals surface area contributed by atoms with E-state index in [-0.39, 0.29) is 24.1 Å². The van der Waals surface area contributed by atoms with Crippen LogP contribution in [0.4, 0.5) is 4.79 Å². The van der Waals surface area contributed by atoms with Gasteiger partial charge in [-0.05, 0) is 46.0 Å². The minimum atomic E-state index is -0.851. The number of carboxylic acid groups (broad SMARTS) is 1. The van der Waals surface area contributed by atoms with Crippen molar-refractivity contribution in [1.29, 1.82) is 0 Å². The lowest BCUT2D eigenvalue weighted by Crippen LogP contribution is -2.52. The molecule has 1 amide bonds. The molecule has 0 aromatic rings. The number of hydrogen-bond donors (Lipinski definition) is 2. The molecule has 4 nitrogen and oxygen atoms in total. The summed E-state index contributed by atoms with van der Waals surface area (Å²) >= 11 is 0. The average Bonchev–Trinajstić information content (AvgIpc) is 2.15. The highest BCUT2D eigenvalue weighted by molar-refractivity contribution is 5.66. The SMILES string of the molecule is CC(C)(C)N(C(=O)O)[C@H]1CCC[C@@H](CO)C1. The highest BCUT2D eigenvalue weighted by Gasteiger charge is 2.35. The molecule has 0 heterocycles. The van der Waals surface area contributed by atoms with Crippen LogP contribution < -0.4 is 0 Å². The van der Waals surface area contributed by atoms with Crippen molar-refractivity contribution < 1.29 is 15.0 Å². The van der Waals surface area contributed by atoms with Gasteiger partial charge in [-0.15, -0.1) is 0 Å². The smallest absolute Gasteiger partial charge is 0.407 e. The van der Waals surface area contributed by atoms with Gasteiger partial charge in [0.1, 0.15) is 0 Å². The van der Waals surface area contributed by atoms with Gasteiger partial charge in [-0.25, -0.2) is 4.79 Å². The molecule has 1 fully saturated rings. The van der Waals surface area contributed by atoms with Gasteiger partial charge in [0.05, 0.1) is 0 Å². The summed E-state index contributed by atoms with van der Waals surface area (Å²) in [5.74, 6) is 0.267. The fraction of sp³-hybridized carbons (Fsp3) is 0.917. The zero-order chi connectivity index (χ0) is 12.3. The Bertz CT molecular complexity index is 247. The van der Waals surface area contributed by atoms with Crippen molar-refractivity contribution in [1.82, 2.24) is 4.90 Å². The van der Waals surface area contributed by atoms with Gasteiger partial charge in [0, 0.05) is 18.2 Å². The number of aliphatic hydroxyl groups is 1. The van der Waals surface area contributed by atoms with Crippen LogP contribution in [0.25, 0.3) is 0 Å². The Morgan fingerprint density at radius 1 is 1.38 bits per heavy atom. The maximum atomic E-state index is 11.3. The van der Waals surface area contributed by atoms with Gasteiger partial charge in [0.2, 0.25) is 0 Å². The van der Waals surface area contributed by atoms with Gasteiger partial charge in [-0.1, -0.05) is 6.42 Å². The van der Waals surface area contributed by atoms with Gasteiger partial charge < -0.3 is 15.1 Å². The molecular weight excluding hydrogens is 206 g/mol. The Hall–Kier alpha value is -0.770. The molecule has 1 rings (SSSR count). The predicted molar refractivity (Wildman–Crippen MR) is 62.4 cm³/mol. The van der Waals surface area contributed by atoms with Gasteiger partial charge in [0.25, 0.3) is 0 Å². The van der Waals surface area contributed by atoms with Crippen LogP contribution in [0.5, 0.6) is 0 Å². The van der Waals surface area contributed by atoms with E-state index in [4.69, 9.17) is 5.11 Å². The Morgan fingerprint density at radius 3 is 2.44 bits per heavy atom. The molecule has 0 aliphatic heterocycles.